The SMILES string of the molecule is COC(=O)[C@H](Cc1cccc2ccccc12)NC(=O)C1CC1. The Kier molecular flexibility index (Phi) is 4.09. The Labute approximate surface area is 129 Å². The predicted molar refractivity (Wildman–Crippen MR) is 84.3 cm³/mol. The summed E-state index contributed by atoms with van der Waals surface area (Å²) >= 11 is 0. The molecule has 1 atom stereocenters. The molecule has 0 unspecified atom stereocenters. The molecule has 0 saturated heterocycles. The molecule has 1 N–H and O–H groups in total. The van der Waals surface area contributed by atoms with Gasteiger partial charge in [-0.2, -0.15) is 0 Å². The highest BCUT2D eigenvalue weighted by atomic mass is 16.5. The topological polar surface area (TPSA) is 55.4 Å². The van der Waals surface area contributed by atoms with Crippen LogP contribution in [0.1, 0.15) is 18.4 Å². The highest BCUT2D eigenvalue weighted by Crippen LogP contribution is 2.29. The number of carbonyl (C=O) groups excluding carboxylic acids is 2. The molecule has 1 amide bonds. The fourth-order valence-electron chi connectivity index (χ4n) is 2.66. The van der Waals surface area contributed by atoms with E-state index < -0.39 is 12.0 Å². The van der Waals surface area contributed by atoms with Crippen LogP contribution >= 0.6 is 0 Å². The van der Waals surface area contributed by atoms with E-state index in [0.717, 1.165) is 29.2 Å². The van der Waals surface area contributed by atoms with E-state index in [-0.39, 0.29) is 11.8 Å². The fourth-order valence-corrected chi connectivity index (χ4v) is 2.66. The van der Waals surface area contributed by atoms with Crippen LogP contribution in [0.5, 0.6) is 0 Å². The third kappa shape index (κ3) is 3.11. The third-order valence-electron chi connectivity index (χ3n) is 4.05. The molecular formula is C18H19NO3. The average Bonchev–Trinajstić information content (AvgIpc) is 3.38. The summed E-state index contributed by atoms with van der Waals surface area (Å²) < 4.78 is 4.84. The zero-order valence-corrected chi connectivity index (χ0v) is 12.5. The summed E-state index contributed by atoms with van der Waals surface area (Å²) in [5.41, 5.74) is 1.03. The Morgan fingerprint density at radius 2 is 1.91 bits per heavy atom. The van der Waals surface area contributed by atoms with Crippen molar-refractivity contribution >= 4 is 22.6 Å². The van der Waals surface area contributed by atoms with Gasteiger partial charge in [-0.05, 0) is 29.2 Å². The second kappa shape index (κ2) is 6.18. The van der Waals surface area contributed by atoms with Crippen molar-refractivity contribution in [3.8, 4) is 0 Å². The zero-order chi connectivity index (χ0) is 15.5. The minimum Gasteiger partial charge on any atom is -0.467 e. The largest absolute Gasteiger partial charge is 0.467 e. The highest BCUT2D eigenvalue weighted by molar-refractivity contribution is 5.89. The van der Waals surface area contributed by atoms with Crippen molar-refractivity contribution in [1.82, 2.24) is 5.32 Å². The summed E-state index contributed by atoms with van der Waals surface area (Å²) in [6, 6.07) is 13.4. The number of rotatable bonds is 5. The van der Waals surface area contributed by atoms with Crippen molar-refractivity contribution in [2.75, 3.05) is 7.11 Å². The molecule has 114 valence electrons. The van der Waals surface area contributed by atoms with Crippen LogP contribution in [0.3, 0.4) is 0 Å². The monoisotopic (exact) mass is 297 g/mol. The lowest BCUT2D eigenvalue weighted by molar-refractivity contribution is -0.145. The van der Waals surface area contributed by atoms with Crippen LogP contribution < -0.4 is 5.32 Å². The maximum absolute atomic E-state index is 12.0. The zero-order valence-electron chi connectivity index (χ0n) is 12.5. The van der Waals surface area contributed by atoms with Gasteiger partial charge in [-0.3, -0.25) is 4.79 Å². The number of hydrogen-bond acceptors (Lipinski definition) is 3. The molecule has 2 aromatic carbocycles. The number of esters is 1. The van der Waals surface area contributed by atoms with E-state index in [1.807, 2.05) is 42.5 Å². The second-order valence-corrected chi connectivity index (χ2v) is 5.70. The summed E-state index contributed by atoms with van der Waals surface area (Å²) in [4.78, 5) is 24.0. The van der Waals surface area contributed by atoms with Crippen LogP contribution in [-0.4, -0.2) is 25.0 Å². The number of methoxy groups -OCH3 is 1. The Hall–Kier alpha value is -2.36. The van der Waals surface area contributed by atoms with Gasteiger partial charge in [0.15, 0.2) is 0 Å². The summed E-state index contributed by atoms with van der Waals surface area (Å²) in [5, 5.41) is 5.05. The molecule has 2 aromatic rings. The van der Waals surface area contributed by atoms with Crippen LogP contribution in [0.2, 0.25) is 0 Å². The first-order valence-electron chi connectivity index (χ1n) is 7.54. The van der Waals surface area contributed by atoms with Crippen molar-refractivity contribution < 1.29 is 14.3 Å². The van der Waals surface area contributed by atoms with Crippen molar-refractivity contribution in [1.29, 1.82) is 0 Å². The number of ether oxygens (including phenoxy) is 1. The molecule has 4 heteroatoms. The molecule has 0 aromatic heterocycles. The summed E-state index contributed by atoms with van der Waals surface area (Å²) in [6.07, 6.45) is 2.26. The van der Waals surface area contributed by atoms with Gasteiger partial charge in [0.1, 0.15) is 6.04 Å². The molecular weight excluding hydrogens is 278 g/mol. The molecule has 0 aliphatic heterocycles. The molecule has 22 heavy (non-hydrogen) atoms. The van der Waals surface area contributed by atoms with Crippen LogP contribution in [0.15, 0.2) is 42.5 Å². The van der Waals surface area contributed by atoms with Gasteiger partial charge >= 0.3 is 5.97 Å². The van der Waals surface area contributed by atoms with Crippen LogP contribution in [0.25, 0.3) is 10.8 Å². The van der Waals surface area contributed by atoms with Gasteiger partial charge in [-0.25, -0.2) is 4.79 Å². The fraction of sp³-hybridized carbons (Fsp3) is 0.333. The van der Waals surface area contributed by atoms with E-state index in [4.69, 9.17) is 4.74 Å². The quantitative estimate of drug-likeness (QED) is 0.863. The lowest BCUT2D eigenvalue weighted by Crippen LogP contribution is -2.43. The number of carbonyl (C=O) groups is 2. The van der Waals surface area contributed by atoms with Crippen molar-refractivity contribution in [2.24, 2.45) is 5.92 Å². The molecule has 0 heterocycles. The standard InChI is InChI=1S/C18H19NO3/c1-22-18(21)16(19-17(20)13-9-10-13)11-14-7-4-6-12-5-2-3-8-15(12)14/h2-8,13,16H,9-11H2,1H3,(H,19,20)/t16-/m0/s1. The van der Waals surface area contributed by atoms with E-state index in [1.165, 1.54) is 7.11 Å². The predicted octanol–water partition coefficient (Wildman–Crippen LogP) is 2.45. The van der Waals surface area contributed by atoms with Gasteiger partial charge in [0.2, 0.25) is 5.91 Å². The molecule has 4 nitrogen and oxygen atoms in total. The Morgan fingerprint density at radius 1 is 1.18 bits per heavy atom. The Bertz CT molecular complexity index is 701. The summed E-state index contributed by atoms with van der Waals surface area (Å²) in [7, 11) is 1.35. The van der Waals surface area contributed by atoms with E-state index in [0.29, 0.717) is 6.42 Å². The van der Waals surface area contributed by atoms with Crippen molar-refractivity contribution in [2.45, 2.75) is 25.3 Å². The van der Waals surface area contributed by atoms with Crippen LogP contribution in [0.4, 0.5) is 0 Å². The minimum atomic E-state index is -0.635. The minimum absolute atomic E-state index is 0.0457. The average molecular weight is 297 g/mol. The molecule has 1 aliphatic rings. The van der Waals surface area contributed by atoms with E-state index in [9.17, 15) is 9.59 Å². The lowest BCUT2D eigenvalue weighted by atomic mass is 9.98. The van der Waals surface area contributed by atoms with E-state index >= 15 is 0 Å². The number of benzene rings is 2. The number of nitrogens with one attached hydrogen (secondary N) is 1. The number of amides is 1. The van der Waals surface area contributed by atoms with Gasteiger partial charge in [0.25, 0.3) is 0 Å². The van der Waals surface area contributed by atoms with Gasteiger partial charge in [0, 0.05) is 12.3 Å². The Balaban J connectivity index is 1.84. The van der Waals surface area contributed by atoms with Crippen LogP contribution in [0, 0.1) is 5.92 Å². The van der Waals surface area contributed by atoms with Gasteiger partial charge in [-0.1, -0.05) is 42.5 Å². The Morgan fingerprint density at radius 3 is 2.64 bits per heavy atom. The van der Waals surface area contributed by atoms with Gasteiger partial charge < -0.3 is 10.1 Å². The van der Waals surface area contributed by atoms with Gasteiger partial charge in [0.05, 0.1) is 7.11 Å². The normalized spacial score (nSPS) is 15.3. The van der Waals surface area contributed by atoms with Gasteiger partial charge in [-0.15, -0.1) is 0 Å². The lowest BCUT2D eigenvalue weighted by Gasteiger charge is -2.17. The molecule has 3 rings (SSSR count). The summed E-state index contributed by atoms with van der Waals surface area (Å²) in [6.45, 7) is 0. The maximum atomic E-state index is 12.0. The molecule has 0 radical (unpaired) electrons. The molecule has 0 bridgehead atoms. The number of fused-ring (bicyclic) bond motifs is 1. The third-order valence-corrected chi connectivity index (χ3v) is 4.05. The van der Waals surface area contributed by atoms with E-state index in [1.54, 1.807) is 0 Å². The molecule has 0 spiro atoms. The molecule has 1 saturated carbocycles. The summed E-state index contributed by atoms with van der Waals surface area (Å²) in [5.74, 6) is -0.378. The first-order chi connectivity index (χ1) is 10.7. The maximum Gasteiger partial charge on any atom is 0.328 e. The van der Waals surface area contributed by atoms with Crippen molar-refractivity contribution in [3.05, 3.63) is 48.0 Å². The smallest absolute Gasteiger partial charge is 0.328 e. The second-order valence-electron chi connectivity index (χ2n) is 5.70. The highest BCUT2D eigenvalue weighted by Gasteiger charge is 2.33. The van der Waals surface area contributed by atoms with Crippen LogP contribution in [-0.2, 0) is 20.7 Å². The first-order valence-corrected chi connectivity index (χ1v) is 7.54. The number of hydrogen-bond donors (Lipinski definition) is 1. The molecule has 1 aliphatic carbocycles. The van der Waals surface area contributed by atoms with E-state index in [2.05, 4.69) is 5.32 Å². The molecule has 1 fully saturated rings. The first kappa shape index (κ1) is 14.6. The van der Waals surface area contributed by atoms with Crippen molar-refractivity contribution in [3.63, 3.8) is 0 Å².